The Morgan fingerprint density at radius 3 is 1.63 bits per heavy atom. The number of aromatic nitrogens is 3. The first-order valence-electron chi connectivity index (χ1n) is 32.9. The van der Waals surface area contributed by atoms with E-state index in [4.69, 9.17) is 20.5 Å². The van der Waals surface area contributed by atoms with Crippen molar-refractivity contribution in [3.8, 4) is 0 Å². The van der Waals surface area contributed by atoms with E-state index in [0.29, 0.717) is 70.0 Å². The van der Waals surface area contributed by atoms with Gasteiger partial charge in [0.25, 0.3) is 0 Å². The van der Waals surface area contributed by atoms with Crippen LogP contribution in [0, 0.1) is 0 Å². The van der Waals surface area contributed by atoms with Gasteiger partial charge in [-0.25, -0.2) is 9.97 Å². The van der Waals surface area contributed by atoms with Crippen molar-refractivity contribution in [3.63, 3.8) is 0 Å². The molecule has 0 unspecified atom stereocenters. The number of nitrogens with one attached hydrogen (secondary N) is 4. The van der Waals surface area contributed by atoms with Crippen LogP contribution in [-0.2, 0) is 29.7 Å². The minimum Gasteiger partial charge on any atom is -0.382 e. The monoisotopic (exact) mass is 1120 g/mol. The van der Waals surface area contributed by atoms with Gasteiger partial charge in [0.05, 0.1) is 42.8 Å². The van der Waals surface area contributed by atoms with E-state index in [9.17, 15) is 14.2 Å². The van der Waals surface area contributed by atoms with Gasteiger partial charge < -0.3 is 46.3 Å². The Morgan fingerprint density at radius 2 is 1.08 bits per heavy atom. The minimum absolute atomic E-state index is 0.0663. The zero-order valence-corrected chi connectivity index (χ0v) is 51.5. The zero-order valence-electron chi connectivity index (χ0n) is 50.6. The van der Waals surface area contributed by atoms with Crippen LogP contribution in [0.25, 0.3) is 21.9 Å². The van der Waals surface area contributed by atoms with Crippen molar-refractivity contribution in [3.05, 3.63) is 30.6 Å². The number of anilines is 1. The molecule has 454 valence electrons. The van der Waals surface area contributed by atoms with Gasteiger partial charge in [-0.3, -0.25) is 14.2 Å². The summed E-state index contributed by atoms with van der Waals surface area (Å²) in [7, 11) is -3.35. The zero-order chi connectivity index (χ0) is 56.5. The largest absolute Gasteiger partial charge is 0.382 e. The van der Waals surface area contributed by atoms with E-state index >= 15 is 0 Å². The number of nitrogen functional groups attached to an aromatic ring is 1. The number of hydrogen-bond acceptors (Lipinski definition) is 11. The highest BCUT2D eigenvalue weighted by atomic mass is 31.2. The Labute approximate surface area is 481 Å². The van der Waals surface area contributed by atoms with E-state index < -0.39 is 13.6 Å². The molecule has 79 heavy (non-hydrogen) atoms. The van der Waals surface area contributed by atoms with Crippen LogP contribution in [0.2, 0.25) is 0 Å². The van der Waals surface area contributed by atoms with Gasteiger partial charge in [-0.2, -0.15) is 0 Å². The molecule has 0 fully saturated rings. The highest BCUT2D eigenvalue weighted by Crippen LogP contribution is 2.49. The maximum atomic E-state index is 14.3. The number of carbonyl (C=O) groups excluding carboxylic acids is 2. The number of aryl methyl sites for hydroxylation is 1. The fourth-order valence-corrected chi connectivity index (χ4v) is 12.3. The van der Waals surface area contributed by atoms with E-state index in [-0.39, 0.29) is 24.4 Å². The van der Waals surface area contributed by atoms with Gasteiger partial charge in [0, 0.05) is 31.4 Å². The molecule has 3 aromatic rings. The van der Waals surface area contributed by atoms with Crippen LogP contribution < -0.4 is 32.7 Å². The van der Waals surface area contributed by atoms with E-state index in [1.807, 2.05) is 24.3 Å². The Bertz CT molecular complexity index is 1950. The molecule has 2 heterocycles. The van der Waals surface area contributed by atoms with Crippen LogP contribution in [-0.4, -0.2) is 91.0 Å². The van der Waals surface area contributed by atoms with Gasteiger partial charge in [0.2, 0.25) is 11.8 Å². The summed E-state index contributed by atoms with van der Waals surface area (Å²) in [5, 5.41) is 14.1. The third-order valence-electron chi connectivity index (χ3n) is 15.6. The molecule has 15 heteroatoms. The standard InChI is InChI=1S/C64H118N9O5P/c1-3-5-7-9-11-13-15-17-19-21-23-27-31-37-53-77-79(76,78-54-38-32-28-24-22-20-18-16-14-12-10-8-6-4-2)55-41-51-68-59(44-45-60(74)69-49-39-48-67-47-36-30-26-25-29-35-46-65)64(75)70-50-40-52-73-56-71-61-62(73)57-42-33-34-43-58(57)72-63(61)66/h33-34,42-43,56,59,67-68H,3-32,35-41,44-55,65H2,1-2H3,(H2,66,72)(H,69,74)(H,70,75)/t59-/m0/s1. The first-order valence-corrected chi connectivity index (χ1v) is 34.6. The number of carbonyl (C=O) groups is 2. The summed E-state index contributed by atoms with van der Waals surface area (Å²) in [6.45, 7) is 10.1. The molecule has 3 rings (SSSR count). The second-order valence-corrected chi connectivity index (χ2v) is 24.9. The molecule has 1 aromatic carbocycles. The van der Waals surface area contributed by atoms with Gasteiger partial charge in [-0.05, 0) is 83.6 Å². The SMILES string of the molecule is CCCCCCCCCCCCCCCCOP(=O)(CCCN[C@@H](CCC(=O)NCCCNCCCCCCCCN)C(=O)NCCCn1cnc2c(N)nc3ccccc3c21)OCCCCCCCCCCCCCCCC. The summed E-state index contributed by atoms with van der Waals surface area (Å²) < 4.78 is 28.8. The van der Waals surface area contributed by atoms with Gasteiger partial charge in [0.1, 0.15) is 5.52 Å². The molecule has 14 nitrogen and oxygen atoms in total. The Morgan fingerprint density at radius 1 is 0.582 bits per heavy atom. The van der Waals surface area contributed by atoms with E-state index in [1.165, 1.54) is 180 Å². The number of unbranched alkanes of at least 4 members (excludes halogenated alkanes) is 31. The average molecular weight is 1120 g/mol. The lowest BCUT2D eigenvalue weighted by atomic mass is 10.0. The summed E-state index contributed by atoms with van der Waals surface area (Å²) in [4.78, 5) is 36.1. The number of imidazole rings is 1. The van der Waals surface area contributed by atoms with Crippen molar-refractivity contribution in [2.45, 2.75) is 277 Å². The third-order valence-corrected chi connectivity index (χ3v) is 17.6. The third kappa shape index (κ3) is 34.8. The molecule has 0 aliphatic carbocycles. The molecule has 1 atom stereocenters. The van der Waals surface area contributed by atoms with Gasteiger partial charge in [-0.1, -0.05) is 225 Å². The first-order chi connectivity index (χ1) is 38.8. The number of amides is 2. The predicted octanol–water partition coefficient (Wildman–Crippen LogP) is 15.4. The second-order valence-electron chi connectivity index (χ2n) is 22.7. The lowest BCUT2D eigenvalue weighted by Crippen LogP contribution is -2.45. The smallest absolute Gasteiger partial charge is 0.330 e. The number of hydrogen-bond donors (Lipinski definition) is 6. The van der Waals surface area contributed by atoms with Crippen LogP contribution in [0.4, 0.5) is 5.82 Å². The van der Waals surface area contributed by atoms with Crippen molar-refractivity contribution in [1.82, 2.24) is 35.8 Å². The van der Waals surface area contributed by atoms with Gasteiger partial charge in [-0.15, -0.1) is 0 Å². The number of rotatable bonds is 57. The average Bonchev–Trinajstić information content (AvgIpc) is 4.00. The molecule has 0 aliphatic heterocycles. The highest BCUT2D eigenvalue weighted by Gasteiger charge is 2.25. The quantitative estimate of drug-likeness (QED) is 0.0232. The summed E-state index contributed by atoms with van der Waals surface area (Å²) in [6, 6.07) is 7.32. The fraction of sp³-hybridized carbons (Fsp3) is 0.812. The lowest BCUT2D eigenvalue weighted by Gasteiger charge is -2.21. The fourth-order valence-electron chi connectivity index (χ4n) is 10.6. The molecule has 2 amide bonds. The van der Waals surface area contributed by atoms with Crippen molar-refractivity contribution in [1.29, 1.82) is 0 Å². The predicted molar refractivity (Wildman–Crippen MR) is 335 cm³/mol. The van der Waals surface area contributed by atoms with Crippen LogP contribution in [0.3, 0.4) is 0 Å². The summed E-state index contributed by atoms with van der Waals surface area (Å²) in [6.07, 6.45) is 47.7. The number of nitrogens with two attached hydrogens (primary N) is 2. The second kappa shape index (κ2) is 48.4. The van der Waals surface area contributed by atoms with Gasteiger partial charge >= 0.3 is 7.60 Å². The summed E-state index contributed by atoms with van der Waals surface area (Å²) in [5.74, 6) is 0.177. The van der Waals surface area contributed by atoms with E-state index in [1.54, 1.807) is 6.33 Å². The molecule has 0 aliphatic rings. The normalized spacial score (nSPS) is 12.3. The molecule has 0 bridgehead atoms. The molecule has 8 N–H and O–H groups in total. The van der Waals surface area contributed by atoms with Crippen molar-refractivity contribution in [2.75, 3.05) is 64.4 Å². The number of pyridine rings is 1. The van der Waals surface area contributed by atoms with Crippen molar-refractivity contribution >= 4 is 47.2 Å². The number of fused-ring (bicyclic) bond motifs is 3. The number of nitrogens with zero attached hydrogens (tertiary/aromatic N) is 3. The topological polar surface area (TPSA) is 201 Å². The van der Waals surface area contributed by atoms with Crippen LogP contribution in [0.1, 0.15) is 264 Å². The molecule has 0 saturated carbocycles. The molecule has 0 spiro atoms. The number of benzene rings is 1. The summed E-state index contributed by atoms with van der Waals surface area (Å²) >= 11 is 0. The molecular weight excluding hydrogens is 1010 g/mol. The first kappa shape index (κ1) is 70.1. The Balaban J connectivity index is 1.48. The number of para-hydroxylation sites is 1. The van der Waals surface area contributed by atoms with Crippen molar-refractivity contribution in [2.24, 2.45) is 5.73 Å². The van der Waals surface area contributed by atoms with Gasteiger partial charge in [0.15, 0.2) is 5.82 Å². The van der Waals surface area contributed by atoms with Crippen LogP contribution >= 0.6 is 7.60 Å². The lowest BCUT2D eigenvalue weighted by molar-refractivity contribution is -0.124. The minimum atomic E-state index is -3.35. The van der Waals surface area contributed by atoms with Crippen molar-refractivity contribution < 1.29 is 23.2 Å². The maximum Gasteiger partial charge on any atom is 0.330 e. The maximum absolute atomic E-state index is 14.3. The molecule has 2 aromatic heterocycles. The molecular formula is C64H118N9O5P. The molecule has 0 radical (unpaired) electrons. The van der Waals surface area contributed by atoms with Crippen LogP contribution in [0.15, 0.2) is 30.6 Å². The van der Waals surface area contributed by atoms with E-state index in [0.717, 1.165) is 81.0 Å². The Kier molecular flexibility index (Phi) is 43.0. The molecule has 0 saturated heterocycles. The highest BCUT2D eigenvalue weighted by molar-refractivity contribution is 7.53. The Hall–Kier alpha value is -3.13. The van der Waals surface area contributed by atoms with Crippen LogP contribution in [0.5, 0.6) is 0 Å². The van der Waals surface area contributed by atoms with E-state index in [2.05, 4.69) is 49.6 Å². The summed E-state index contributed by atoms with van der Waals surface area (Å²) in [5.41, 5.74) is 14.3.